The van der Waals surface area contributed by atoms with E-state index in [1.807, 2.05) is 0 Å². The van der Waals surface area contributed by atoms with E-state index in [0.29, 0.717) is 0 Å². The van der Waals surface area contributed by atoms with Gasteiger partial charge in [0.15, 0.2) is 0 Å². The van der Waals surface area contributed by atoms with E-state index in [1.54, 1.807) is 0 Å². The standard InChI is InChI=1S/C13H25NS/c1-2-11-6-5-8-13(11)14-10-12-7-3-4-9-15-12/h11-14H,2-10H2,1H3. The summed E-state index contributed by atoms with van der Waals surface area (Å²) in [6.07, 6.45) is 10.1. The first-order valence-electron chi connectivity index (χ1n) is 6.75. The van der Waals surface area contributed by atoms with Gasteiger partial charge in [-0.3, -0.25) is 0 Å². The van der Waals surface area contributed by atoms with Gasteiger partial charge in [-0.15, -0.1) is 0 Å². The SMILES string of the molecule is CCC1CCCC1NCC1CCCCS1. The Morgan fingerprint density at radius 2 is 2.07 bits per heavy atom. The lowest BCUT2D eigenvalue weighted by Crippen LogP contribution is -2.37. The summed E-state index contributed by atoms with van der Waals surface area (Å²) < 4.78 is 0. The van der Waals surface area contributed by atoms with E-state index in [1.165, 1.54) is 57.2 Å². The molecule has 1 aliphatic carbocycles. The van der Waals surface area contributed by atoms with Crippen molar-refractivity contribution in [1.82, 2.24) is 5.32 Å². The molecule has 2 rings (SSSR count). The normalized spacial score (nSPS) is 37.0. The average molecular weight is 227 g/mol. The van der Waals surface area contributed by atoms with Gasteiger partial charge in [-0.1, -0.05) is 26.2 Å². The van der Waals surface area contributed by atoms with Gasteiger partial charge in [0.1, 0.15) is 0 Å². The lowest BCUT2D eigenvalue weighted by Gasteiger charge is -2.26. The number of nitrogens with one attached hydrogen (secondary N) is 1. The summed E-state index contributed by atoms with van der Waals surface area (Å²) in [5, 5.41) is 4.75. The van der Waals surface area contributed by atoms with Crippen LogP contribution in [0.3, 0.4) is 0 Å². The van der Waals surface area contributed by atoms with Crippen molar-refractivity contribution >= 4 is 11.8 Å². The zero-order valence-electron chi connectivity index (χ0n) is 10.0. The van der Waals surface area contributed by atoms with Crippen LogP contribution < -0.4 is 5.32 Å². The maximum atomic E-state index is 3.83. The van der Waals surface area contributed by atoms with Crippen molar-refractivity contribution in [3.63, 3.8) is 0 Å². The molecule has 0 aromatic heterocycles. The zero-order valence-corrected chi connectivity index (χ0v) is 10.8. The molecule has 0 radical (unpaired) electrons. The van der Waals surface area contributed by atoms with E-state index < -0.39 is 0 Å². The van der Waals surface area contributed by atoms with Gasteiger partial charge in [0, 0.05) is 17.8 Å². The van der Waals surface area contributed by atoms with E-state index in [-0.39, 0.29) is 0 Å². The van der Waals surface area contributed by atoms with Crippen LogP contribution in [0.25, 0.3) is 0 Å². The number of rotatable bonds is 4. The monoisotopic (exact) mass is 227 g/mol. The first kappa shape index (κ1) is 11.8. The van der Waals surface area contributed by atoms with Crippen molar-refractivity contribution in [2.24, 2.45) is 5.92 Å². The predicted octanol–water partition coefficient (Wildman–Crippen LogP) is 3.44. The zero-order chi connectivity index (χ0) is 10.5. The Morgan fingerprint density at radius 3 is 2.80 bits per heavy atom. The molecular formula is C13H25NS. The highest BCUT2D eigenvalue weighted by Gasteiger charge is 2.26. The second-order valence-electron chi connectivity index (χ2n) is 5.10. The molecule has 1 saturated carbocycles. The van der Waals surface area contributed by atoms with Crippen molar-refractivity contribution in [1.29, 1.82) is 0 Å². The Morgan fingerprint density at radius 1 is 1.13 bits per heavy atom. The number of thioether (sulfide) groups is 1. The summed E-state index contributed by atoms with van der Waals surface area (Å²) >= 11 is 2.19. The number of hydrogen-bond acceptors (Lipinski definition) is 2. The second-order valence-corrected chi connectivity index (χ2v) is 6.51. The quantitative estimate of drug-likeness (QED) is 0.789. The van der Waals surface area contributed by atoms with Crippen molar-refractivity contribution in [3.05, 3.63) is 0 Å². The van der Waals surface area contributed by atoms with Crippen LogP contribution in [0, 0.1) is 5.92 Å². The molecule has 2 heteroatoms. The highest BCUT2D eigenvalue weighted by Crippen LogP contribution is 2.29. The summed E-state index contributed by atoms with van der Waals surface area (Å²) in [6, 6.07) is 0.845. The Bertz CT molecular complexity index is 177. The van der Waals surface area contributed by atoms with Crippen LogP contribution >= 0.6 is 11.8 Å². The maximum Gasteiger partial charge on any atom is 0.0172 e. The van der Waals surface area contributed by atoms with Gasteiger partial charge < -0.3 is 5.32 Å². The van der Waals surface area contributed by atoms with Gasteiger partial charge in [0.2, 0.25) is 0 Å². The summed E-state index contributed by atoms with van der Waals surface area (Å²) in [4.78, 5) is 0. The second kappa shape index (κ2) is 6.15. The van der Waals surface area contributed by atoms with Gasteiger partial charge >= 0.3 is 0 Å². The molecule has 0 aromatic rings. The molecule has 1 nitrogen and oxygen atoms in total. The van der Waals surface area contributed by atoms with Gasteiger partial charge in [0.05, 0.1) is 0 Å². The molecule has 15 heavy (non-hydrogen) atoms. The average Bonchev–Trinajstić information content (AvgIpc) is 2.75. The van der Waals surface area contributed by atoms with E-state index in [4.69, 9.17) is 0 Å². The van der Waals surface area contributed by atoms with E-state index in [0.717, 1.165) is 17.2 Å². The third kappa shape index (κ3) is 3.39. The van der Waals surface area contributed by atoms with Gasteiger partial charge in [0.25, 0.3) is 0 Å². The Kier molecular flexibility index (Phi) is 4.83. The van der Waals surface area contributed by atoms with Crippen molar-refractivity contribution < 1.29 is 0 Å². The molecular weight excluding hydrogens is 202 g/mol. The molecule has 0 spiro atoms. The molecule has 1 aliphatic heterocycles. The van der Waals surface area contributed by atoms with Crippen LogP contribution in [0.4, 0.5) is 0 Å². The highest BCUT2D eigenvalue weighted by atomic mass is 32.2. The minimum atomic E-state index is 0.845. The third-order valence-electron chi connectivity index (χ3n) is 4.07. The van der Waals surface area contributed by atoms with E-state index in [2.05, 4.69) is 24.0 Å². The molecule has 88 valence electrons. The summed E-state index contributed by atoms with van der Waals surface area (Å²) in [7, 11) is 0. The topological polar surface area (TPSA) is 12.0 Å². The lowest BCUT2D eigenvalue weighted by atomic mass is 10.0. The highest BCUT2D eigenvalue weighted by molar-refractivity contribution is 7.99. The Balaban J connectivity index is 1.67. The van der Waals surface area contributed by atoms with Crippen LogP contribution in [0.2, 0.25) is 0 Å². The fraction of sp³-hybridized carbons (Fsp3) is 1.00. The van der Waals surface area contributed by atoms with Crippen LogP contribution in [0.5, 0.6) is 0 Å². The third-order valence-corrected chi connectivity index (χ3v) is 5.46. The van der Waals surface area contributed by atoms with Gasteiger partial charge in [-0.05, 0) is 37.4 Å². The smallest absolute Gasteiger partial charge is 0.0172 e. The molecule has 1 heterocycles. The van der Waals surface area contributed by atoms with Crippen LogP contribution in [0.1, 0.15) is 51.9 Å². The van der Waals surface area contributed by atoms with Crippen molar-refractivity contribution in [3.8, 4) is 0 Å². The van der Waals surface area contributed by atoms with Gasteiger partial charge in [-0.2, -0.15) is 11.8 Å². The molecule has 0 bridgehead atoms. The first-order valence-corrected chi connectivity index (χ1v) is 7.80. The molecule has 0 aromatic carbocycles. The first-order chi connectivity index (χ1) is 7.40. The molecule has 3 unspecified atom stereocenters. The van der Waals surface area contributed by atoms with Crippen LogP contribution in [0.15, 0.2) is 0 Å². The summed E-state index contributed by atoms with van der Waals surface area (Å²) in [5.41, 5.74) is 0. The van der Waals surface area contributed by atoms with E-state index in [9.17, 15) is 0 Å². The van der Waals surface area contributed by atoms with Crippen molar-refractivity contribution in [2.75, 3.05) is 12.3 Å². The minimum Gasteiger partial charge on any atom is -0.313 e. The number of hydrogen-bond donors (Lipinski definition) is 1. The fourth-order valence-corrected chi connectivity index (χ4v) is 4.30. The largest absolute Gasteiger partial charge is 0.313 e. The van der Waals surface area contributed by atoms with E-state index >= 15 is 0 Å². The Hall–Kier alpha value is 0.310. The minimum absolute atomic E-state index is 0.845. The fourth-order valence-electron chi connectivity index (χ4n) is 3.05. The van der Waals surface area contributed by atoms with Crippen LogP contribution in [-0.4, -0.2) is 23.6 Å². The van der Waals surface area contributed by atoms with Crippen LogP contribution in [-0.2, 0) is 0 Å². The van der Waals surface area contributed by atoms with Gasteiger partial charge in [-0.25, -0.2) is 0 Å². The molecule has 2 fully saturated rings. The lowest BCUT2D eigenvalue weighted by molar-refractivity contribution is 0.387. The Labute approximate surface area is 98.8 Å². The summed E-state index contributed by atoms with van der Waals surface area (Å²) in [6.45, 7) is 3.62. The molecule has 1 N–H and O–H groups in total. The molecule has 0 amide bonds. The van der Waals surface area contributed by atoms with Crippen molar-refractivity contribution in [2.45, 2.75) is 63.2 Å². The maximum absolute atomic E-state index is 3.83. The summed E-state index contributed by atoms with van der Waals surface area (Å²) in [5.74, 6) is 2.37. The molecule has 2 aliphatic rings. The molecule has 3 atom stereocenters. The molecule has 1 saturated heterocycles. The predicted molar refractivity (Wildman–Crippen MR) is 69.5 cm³/mol.